The van der Waals surface area contributed by atoms with Crippen molar-refractivity contribution in [2.24, 2.45) is 0 Å². The van der Waals surface area contributed by atoms with E-state index in [1.165, 1.54) is 0 Å². The number of alkyl carbamates (subject to hydrolysis) is 1. The second-order valence-electron chi connectivity index (χ2n) is 6.06. The van der Waals surface area contributed by atoms with Crippen molar-refractivity contribution in [1.29, 1.82) is 5.26 Å². The molecular formula is C16H22N2O2. The van der Waals surface area contributed by atoms with Gasteiger partial charge in [-0.25, -0.2) is 4.79 Å². The molecule has 1 atom stereocenters. The van der Waals surface area contributed by atoms with Crippen LogP contribution in [0.15, 0.2) is 30.3 Å². The van der Waals surface area contributed by atoms with E-state index < -0.39 is 17.2 Å². The fraction of sp³-hybridized carbons (Fsp3) is 0.500. The molecule has 108 valence electrons. The Bertz CT molecular complexity index is 485. The van der Waals surface area contributed by atoms with Gasteiger partial charge in [0.2, 0.25) is 0 Å². The van der Waals surface area contributed by atoms with E-state index in [-0.39, 0.29) is 0 Å². The number of benzene rings is 1. The van der Waals surface area contributed by atoms with Crippen LogP contribution in [0, 0.1) is 11.3 Å². The van der Waals surface area contributed by atoms with Gasteiger partial charge in [0.25, 0.3) is 0 Å². The highest BCUT2D eigenvalue weighted by Crippen LogP contribution is 2.15. The lowest BCUT2D eigenvalue weighted by Crippen LogP contribution is -2.47. The van der Waals surface area contributed by atoms with Crippen molar-refractivity contribution in [2.45, 2.75) is 51.7 Å². The first-order chi connectivity index (χ1) is 9.24. The van der Waals surface area contributed by atoms with E-state index in [4.69, 9.17) is 4.74 Å². The van der Waals surface area contributed by atoms with E-state index in [1.54, 1.807) is 27.7 Å². The van der Waals surface area contributed by atoms with E-state index in [0.717, 1.165) is 12.0 Å². The van der Waals surface area contributed by atoms with Crippen LogP contribution < -0.4 is 5.32 Å². The van der Waals surface area contributed by atoms with Gasteiger partial charge in [-0.15, -0.1) is 0 Å². The van der Waals surface area contributed by atoms with Crippen molar-refractivity contribution in [3.05, 3.63) is 35.9 Å². The second kappa shape index (κ2) is 6.42. The van der Waals surface area contributed by atoms with Crippen LogP contribution >= 0.6 is 0 Å². The minimum absolute atomic E-state index is 0.534. The third-order valence-electron chi connectivity index (χ3n) is 2.78. The molecule has 0 fully saturated rings. The lowest BCUT2D eigenvalue weighted by atomic mass is 9.95. The van der Waals surface area contributed by atoms with Gasteiger partial charge < -0.3 is 10.1 Å². The first-order valence-corrected chi connectivity index (χ1v) is 6.70. The van der Waals surface area contributed by atoms with Crippen LogP contribution in [0.3, 0.4) is 0 Å². The number of nitrogens with zero attached hydrogens (tertiary/aromatic N) is 1. The van der Waals surface area contributed by atoms with Crippen molar-refractivity contribution < 1.29 is 9.53 Å². The van der Waals surface area contributed by atoms with Gasteiger partial charge in [0.1, 0.15) is 11.1 Å². The van der Waals surface area contributed by atoms with E-state index in [2.05, 4.69) is 11.4 Å². The van der Waals surface area contributed by atoms with Gasteiger partial charge in [-0.1, -0.05) is 30.3 Å². The number of amides is 1. The summed E-state index contributed by atoms with van der Waals surface area (Å²) in [6.07, 6.45) is 0.697. The van der Waals surface area contributed by atoms with Gasteiger partial charge in [-0.05, 0) is 46.1 Å². The Morgan fingerprint density at radius 1 is 1.25 bits per heavy atom. The predicted octanol–water partition coefficient (Wildman–Crippen LogP) is 3.43. The van der Waals surface area contributed by atoms with Crippen LogP contribution in [0.5, 0.6) is 0 Å². The third-order valence-corrected chi connectivity index (χ3v) is 2.78. The fourth-order valence-corrected chi connectivity index (χ4v) is 1.71. The number of aryl methyl sites for hydroxylation is 1. The van der Waals surface area contributed by atoms with E-state index in [0.29, 0.717) is 6.42 Å². The maximum absolute atomic E-state index is 11.8. The Balaban J connectivity index is 2.59. The average Bonchev–Trinajstić information content (AvgIpc) is 2.35. The molecule has 0 saturated heterocycles. The zero-order chi connectivity index (χ0) is 15.2. The number of carbonyl (C=O) groups excluding carboxylic acids is 1. The summed E-state index contributed by atoms with van der Waals surface area (Å²) in [6.45, 7) is 7.08. The molecular weight excluding hydrogens is 252 g/mol. The second-order valence-corrected chi connectivity index (χ2v) is 6.06. The predicted molar refractivity (Wildman–Crippen MR) is 78.2 cm³/mol. The van der Waals surface area contributed by atoms with Crippen LogP contribution in [0.4, 0.5) is 4.79 Å². The third kappa shape index (κ3) is 5.75. The molecule has 1 amide bonds. The molecule has 1 aromatic rings. The quantitative estimate of drug-likeness (QED) is 0.915. The zero-order valence-electron chi connectivity index (χ0n) is 12.6. The smallest absolute Gasteiger partial charge is 0.408 e. The summed E-state index contributed by atoms with van der Waals surface area (Å²) in [7, 11) is 0. The van der Waals surface area contributed by atoms with Gasteiger partial charge in [-0.2, -0.15) is 5.26 Å². The highest BCUT2D eigenvalue weighted by Gasteiger charge is 2.28. The molecule has 0 spiro atoms. The van der Waals surface area contributed by atoms with Crippen LogP contribution in [0.25, 0.3) is 0 Å². The van der Waals surface area contributed by atoms with Gasteiger partial charge >= 0.3 is 6.09 Å². The Morgan fingerprint density at radius 3 is 2.35 bits per heavy atom. The molecule has 0 aliphatic carbocycles. The summed E-state index contributed by atoms with van der Waals surface area (Å²) in [6, 6.07) is 12.0. The summed E-state index contributed by atoms with van der Waals surface area (Å²) in [5.41, 5.74) is -0.363. The average molecular weight is 274 g/mol. The molecule has 20 heavy (non-hydrogen) atoms. The molecule has 0 aromatic heterocycles. The van der Waals surface area contributed by atoms with E-state index >= 15 is 0 Å². The molecule has 1 rings (SSSR count). The first kappa shape index (κ1) is 16.0. The maximum Gasteiger partial charge on any atom is 0.408 e. The molecule has 1 N–H and O–H groups in total. The summed E-state index contributed by atoms with van der Waals surface area (Å²) in [5, 5.41) is 11.9. The van der Waals surface area contributed by atoms with Crippen molar-refractivity contribution >= 4 is 6.09 Å². The lowest BCUT2D eigenvalue weighted by molar-refractivity contribution is 0.0484. The number of nitrogens with one attached hydrogen (secondary N) is 1. The molecule has 4 heteroatoms. The van der Waals surface area contributed by atoms with Crippen molar-refractivity contribution in [3.63, 3.8) is 0 Å². The Kier molecular flexibility index (Phi) is 5.15. The minimum atomic E-state index is -0.932. The van der Waals surface area contributed by atoms with Crippen LogP contribution in [-0.4, -0.2) is 17.2 Å². The standard InChI is InChI=1S/C16H22N2O2/c1-15(2,3)20-14(19)18-16(4,12-17)11-10-13-8-6-5-7-9-13/h5-9H,10-11H2,1-4H3,(H,18,19). The molecule has 4 nitrogen and oxygen atoms in total. The van der Waals surface area contributed by atoms with Gasteiger partial charge in [-0.3, -0.25) is 0 Å². The summed E-state index contributed by atoms with van der Waals surface area (Å²) in [5.74, 6) is 0. The maximum atomic E-state index is 11.8. The highest BCUT2D eigenvalue weighted by atomic mass is 16.6. The Labute approximate surface area is 120 Å². The Morgan fingerprint density at radius 2 is 1.85 bits per heavy atom. The fourth-order valence-electron chi connectivity index (χ4n) is 1.71. The Hall–Kier alpha value is -2.02. The van der Waals surface area contributed by atoms with Crippen LogP contribution in [0.1, 0.15) is 39.7 Å². The van der Waals surface area contributed by atoms with Crippen LogP contribution in [0.2, 0.25) is 0 Å². The normalized spacial score (nSPS) is 13.9. The molecule has 0 saturated carbocycles. The molecule has 1 aromatic carbocycles. The minimum Gasteiger partial charge on any atom is -0.444 e. The van der Waals surface area contributed by atoms with Crippen molar-refractivity contribution in [2.75, 3.05) is 0 Å². The van der Waals surface area contributed by atoms with Gasteiger partial charge in [0, 0.05) is 0 Å². The molecule has 0 aliphatic rings. The number of hydrogen-bond donors (Lipinski definition) is 1. The number of hydrogen-bond acceptors (Lipinski definition) is 3. The van der Waals surface area contributed by atoms with Crippen molar-refractivity contribution in [3.8, 4) is 6.07 Å². The number of carbonyl (C=O) groups is 1. The molecule has 0 heterocycles. The van der Waals surface area contributed by atoms with E-state index in [1.807, 2.05) is 30.3 Å². The molecule has 0 radical (unpaired) electrons. The van der Waals surface area contributed by atoms with Crippen molar-refractivity contribution in [1.82, 2.24) is 5.32 Å². The summed E-state index contributed by atoms with van der Waals surface area (Å²) in [4.78, 5) is 11.8. The highest BCUT2D eigenvalue weighted by molar-refractivity contribution is 5.69. The summed E-state index contributed by atoms with van der Waals surface area (Å²) < 4.78 is 5.19. The molecule has 0 aliphatic heterocycles. The topological polar surface area (TPSA) is 62.1 Å². The summed E-state index contributed by atoms with van der Waals surface area (Å²) >= 11 is 0. The van der Waals surface area contributed by atoms with Crippen LogP contribution in [-0.2, 0) is 11.2 Å². The first-order valence-electron chi connectivity index (χ1n) is 6.70. The number of ether oxygens (including phenoxy) is 1. The number of nitriles is 1. The monoisotopic (exact) mass is 274 g/mol. The SMILES string of the molecule is CC(C#N)(CCc1ccccc1)NC(=O)OC(C)(C)C. The largest absolute Gasteiger partial charge is 0.444 e. The van der Waals surface area contributed by atoms with E-state index in [9.17, 15) is 10.1 Å². The van der Waals surface area contributed by atoms with Gasteiger partial charge in [0.05, 0.1) is 6.07 Å². The lowest BCUT2D eigenvalue weighted by Gasteiger charge is -2.26. The zero-order valence-corrected chi connectivity index (χ0v) is 12.6. The number of rotatable bonds is 4. The molecule has 0 bridgehead atoms. The van der Waals surface area contributed by atoms with Gasteiger partial charge in [0.15, 0.2) is 0 Å². The molecule has 1 unspecified atom stereocenters.